The molecule has 21 heavy (non-hydrogen) atoms. The topological polar surface area (TPSA) is 46.2 Å². The van der Waals surface area contributed by atoms with Gasteiger partial charge in [-0.05, 0) is 50.6 Å². The number of ether oxygens (including phenoxy) is 1. The number of rotatable bonds is 7. The van der Waals surface area contributed by atoms with Crippen LogP contribution in [0.3, 0.4) is 0 Å². The minimum Gasteiger partial charge on any atom is -0.491 e. The van der Waals surface area contributed by atoms with E-state index in [2.05, 4.69) is 28.6 Å². The minimum atomic E-state index is 0.189. The normalized spacial score (nSPS) is 10.5. The lowest BCUT2D eigenvalue weighted by molar-refractivity contribution is 0.242. The van der Waals surface area contributed by atoms with Crippen molar-refractivity contribution in [3.05, 3.63) is 42.7 Å². The third-order valence-corrected chi connectivity index (χ3v) is 2.83. The molecule has 0 spiro atoms. The quantitative estimate of drug-likeness (QED) is 0.789. The predicted octanol–water partition coefficient (Wildman–Crippen LogP) is 4.43. The second kappa shape index (κ2) is 7.53. The average Bonchev–Trinajstić information content (AvgIpc) is 2.47. The molecule has 0 saturated heterocycles. The van der Waals surface area contributed by atoms with Gasteiger partial charge in [-0.3, -0.25) is 4.98 Å². The van der Waals surface area contributed by atoms with E-state index in [9.17, 15) is 0 Å². The molecule has 0 unspecified atom stereocenters. The van der Waals surface area contributed by atoms with Crippen LogP contribution in [0.1, 0.15) is 27.2 Å². The van der Waals surface area contributed by atoms with Crippen molar-refractivity contribution in [2.24, 2.45) is 0 Å². The highest BCUT2D eigenvalue weighted by Gasteiger charge is 2.00. The maximum Gasteiger partial charge on any atom is 0.119 e. The van der Waals surface area contributed by atoms with Gasteiger partial charge in [-0.2, -0.15) is 0 Å². The highest BCUT2D eigenvalue weighted by atomic mass is 16.5. The molecule has 0 fully saturated rings. The van der Waals surface area contributed by atoms with Gasteiger partial charge in [0.2, 0.25) is 0 Å². The van der Waals surface area contributed by atoms with Gasteiger partial charge < -0.3 is 15.4 Å². The summed E-state index contributed by atoms with van der Waals surface area (Å²) in [5.74, 6) is 0.882. The first-order valence-corrected chi connectivity index (χ1v) is 7.40. The summed E-state index contributed by atoms with van der Waals surface area (Å²) in [5, 5.41) is 6.67. The van der Waals surface area contributed by atoms with Crippen molar-refractivity contribution in [1.82, 2.24) is 4.98 Å². The number of hydrogen-bond acceptors (Lipinski definition) is 4. The lowest BCUT2D eigenvalue weighted by Gasteiger charge is -2.12. The van der Waals surface area contributed by atoms with E-state index < -0.39 is 0 Å². The summed E-state index contributed by atoms with van der Waals surface area (Å²) < 4.78 is 5.63. The molecular weight excluding hydrogens is 262 g/mol. The smallest absolute Gasteiger partial charge is 0.119 e. The van der Waals surface area contributed by atoms with Gasteiger partial charge in [-0.15, -0.1) is 0 Å². The van der Waals surface area contributed by atoms with Crippen molar-refractivity contribution in [2.75, 3.05) is 17.2 Å². The molecule has 2 aromatic rings. The molecule has 0 amide bonds. The van der Waals surface area contributed by atoms with Gasteiger partial charge in [0.05, 0.1) is 29.9 Å². The lowest BCUT2D eigenvalue weighted by atomic mass is 10.2. The monoisotopic (exact) mass is 285 g/mol. The SMILES string of the molecule is CCCNc1cncc(Nc2ccc(OC(C)C)cc2)c1. The first kappa shape index (κ1) is 15.2. The number of hydrogen-bond donors (Lipinski definition) is 2. The summed E-state index contributed by atoms with van der Waals surface area (Å²) >= 11 is 0. The molecule has 0 aliphatic carbocycles. The molecule has 0 atom stereocenters. The molecule has 4 heteroatoms. The fourth-order valence-electron chi connectivity index (χ4n) is 1.93. The van der Waals surface area contributed by atoms with Crippen LogP contribution in [0, 0.1) is 0 Å². The Kier molecular flexibility index (Phi) is 5.43. The van der Waals surface area contributed by atoms with Crippen LogP contribution in [-0.2, 0) is 0 Å². The Morgan fingerprint density at radius 2 is 1.76 bits per heavy atom. The highest BCUT2D eigenvalue weighted by molar-refractivity contribution is 5.63. The van der Waals surface area contributed by atoms with E-state index in [0.29, 0.717) is 0 Å². The zero-order valence-electron chi connectivity index (χ0n) is 12.9. The van der Waals surface area contributed by atoms with E-state index in [1.165, 1.54) is 0 Å². The van der Waals surface area contributed by atoms with Crippen LogP contribution in [0.5, 0.6) is 5.75 Å². The van der Waals surface area contributed by atoms with E-state index in [0.717, 1.165) is 35.8 Å². The van der Waals surface area contributed by atoms with Crippen LogP contribution < -0.4 is 15.4 Å². The van der Waals surface area contributed by atoms with Gasteiger partial charge >= 0.3 is 0 Å². The molecule has 112 valence electrons. The molecule has 0 saturated carbocycles. The number of benzene rings is 1. The number of nitrogens with zero attached hydrogens (tertiary/aromatic N) is 1. The van der Waals surface area contributed by atoms with Crippen molar-refractivity contribution in [2.45, 2.75) is 33.3 Å². The molecule has 2 N–H and O–H groups in total. The Morgan fingerprint density at radius 3 is 2.43 bits per heavy atom. The van der Waals surface area contributed by atoms with E-state index in [4.69, 9.17) is 4.74 Å². The third-order valence-electron chi connectivity index (χ3n) is 2.83. The lowest BCUT2D eigenvalue weighted by Crippen LogP contribution is -2.05. The molecule has 4 nitrogen and oxygen atoms in total. The molecule has 0 bridgehead atoms. The van der Waals surface area contributed by atoms with E-state index >= 15 is 0 Å². The number of pyridine rings is 1. The molecule has 0 radical (unpaired) electrons. The second-order valence-corrected chi connectivity index (χ2v) is 5.21. The largest absolute Gasteiger partial charge is 0.491 e. The highest BCUT2D eigenvalue weighted by Crippen LogP contribution is 2.22. The summed E-state index contributed by atoms with van der Waals surface area (Å²) in [4.78, 5) is 4.24. The van der Waals surface area contributed by atoms with Crippen molar-refractivity contribution in [3.63, 3.8) is 0 Å². The second-order valence-electron chi connectivity index (χ2n) is 5.21. The Morgan fingerprint density at radius 1 is 1.05 bits per heavy atom. The standard InChI is InChI=1S/C17H23N3O/c1-4-9-19-15-10-16(12-18-11-15)20-14-5-7-17(8-6-14)21-13(2)3/h5-8,10-13,19-20H,4,9H2,1-3H3. The van der Waals surface area contributed by atoms with Gasteiger partial charge in [0.25, 0.3) is 0 Å². The number of nitrogens with one attached hydrogen (secondary N) is 2. The van der Waals surface area contributed by atoms with Crippen LogP contribution in [-0.4, -0.2) is 17.6 Å². The van der Waals surface area contributed by atoms with Crippen LogP contribution in [0.15, 0.2) is 42.7 Å². The molecule has 1 heterocycles. The third kappa shape index (κ3) is 4.99. The van der Waals surface area contributed by atoms with Crippen molar-refractivity contribution >= 4 is 17.1 Å². The van der Waals surface area contributed by atoms with Crippen molar-refractivity contribution < 1.29 is 4.74 Å². The van der Waals surface area contributed by atoms with Gasteiger partial charge in [0.1, 0.15) is 5.75 Å². The molecule has 0 aliphatic rings. The predicted molar refractivity (Wildman–Crippen MR) is 88.5 cm³/mol. The summed E-state index contributed by atoms with van der Waals surface area (Å²) in [6.07, 6.45) is 4.93. The minimum absolute atomic E-state index is 0.189. The Labute approximate surface area is 126 Å². The number of anilines is 3. The zero-order chi connectivity index (χ0) is 15.1. The van der Waals surface area contributed by atoms with E-state index in [1.807, 2.05) is 50.5 Å². The molecule has 1 aromatic carbocycles. The molecule has 0 aliphatic heterocycles. The average molecular weight is 285 g/mol. The Balaban J connectivity index is 2.00. The van der Waals surface area contributed by atoms with Gasteiger partial charge in [-0.1, -0.05) is 6.92 Å². The summed E-state index contributed by atoms with van der Waals surface area (Å²) in [7, 11) is 0. The molecule has 2 rings (SSSR count). The van der Waals surface area contributed by atoms with E-state index in [-0.39, 0.29) is 6.10 Å². The van der Waals surface area contributed by atoms with E-state index in [1.54, 1.807) is 0 Å². The van der Waals surface area contributed by atoms with Crippen LogP contribution >= 0.6 is 0 Å². The van der Waals surface area contributed by atoms with Crippen LogP contribution in [0.4, 0.5) is 17.1 Å². The van der Waals surface area contributed by atoms with Crippen molar-refractivity contribution in [3.8, 4) is 5.75 Å². The first-order valence-electron chi connectivity index (χ1n) is 7.40. The van der Waals surface area contributed by atoms with Gasteiger partial charge in [0.15, 0.2) is 0 Å². The van der Waals surface area contributed by atoms with Gasteiger partial charge in [0, 0.05) is 12.2 Å². The Bertz CT molecular complexity index is 552. The fraction of sp³-hybridized carbons (Fsp3) is 0.353. The Hall–Kier alpha value is -2.23. The first-order chi connectivity index (χ1) is 10.2. The number of aromatic nitrogens is 1. The van der Waals surface area contributed by atoms with Crippen molar-refractivity contribution in [1.29, 1.82) is 0 Å². The maximum atomic E-state index is 5.63. The molecular formula is C17H23N3O. The zero-order valence-corrected chi connectivity index (χ0v) is 12.9. The maximum absolute atomic E-state index is 5.63. The fourth-order valence-corrected chi connectivity index (χ4v) is 1.93. The summed E-state index contributed by atoms with van der Waals surface area (Å²) in [6.45, 7) is 7.13. The van der Waals surface area contributed by atoms with Crippen LogP contribution in [0.2, 0.25) is 0 Å². The summed E-state index contributed by atoms with van der Waals surface area (Å²) in [6, 6.07) is 10.00. The van der Waals surface area contributed by atoms with Crippen LogP contribution in [0.25, 0.3) is 0 Å². The van der Waals surface area contributed by atoms with Gasteiger partial charge in [-0.25, -0.2) is 0 Å². The molecule has 1 aromatic heterocycles. The summed E-state index contributed by atoms with van der Waals surface area (Å²) in [5.41, 5.74) is 3.01.